The summed E-state index contributed by atoms with van der Waals surface area (Å²) >= 11 is 0. The van der Waals surface area contributed by atoms with Crippen LogP contribution in [0.2, 0.25) is 0 Å². The van der Waals surface area contributed by atoms with Gasteiger partial charge in [-0.05, 0) is 12.3 Å². The predicted molar refractivity (Wildman–Crippen MR) is 79.8 cm³/mol. The molecule has 8 heteroatoms. The summed E-state index contributed by atoms with van der Waals surface area (Å²) in [4.78, 5) is 14.1. The molecule has 1 aliphatic carbocycles. The van der Waals surface area contributed by atoms with Crippen LogP contribution < -0.4 is 0 Å². The van der Waals surface area contributed by atoms with Crippen molar-refractivity contribution < 1.29 is 22.7 Å². The van der Waals surface area contributed by atoms with Gasteiger partial charge in [-0.3, -0.25) is 4.79 Å². The Kier molecular flexibility index (Phi) is 4.72. The Morgan fingerprint density at radius 1 is 1.18 bits per heavy atom. The fraction of sp³-hybridized carbons (Fsp3) is 0.929. The predicted octanol–water partition coefficient (Wildman–Crippen LogP) is -0.468. The highest BCUT2D eigenvalue weighted by atomic mass is 32.2. The molecule has 0 unspecified atom stereocenters. The Balaban J connectivity index is 1.56. The molecule has 0 bridgehead atoms. The van der Waals surface area contributed by atoms with Crippen molar-refractivity contribution in [2.24, 2.45) is 11.8 Å². The van der Waals surface area contributed by atoms with E-state index < -0.39 is 16.1 Å². The van der Waals surface area contributed by atoms with Gasteiger partial charge in [0.15, 0.2) is 0 Å². The zero-order chi connectivity index (χ0) is 15.7. The molecule has 22 heavy (non-hydrogen) atoms. The lowest BCUT2D eigenvalue weighted by Gasteiger charge is -2.34. The van der Waals surface area contributed by atoms with E-state index >= 15 is 0 Å². The summed E-state index contributed by atoms with van der Waals surface area (Å²) in [6.45, 7) is 5.11. The van der Waals surface area contributed by atoms with Crippen LogP contribution in [0.4, 0.5) is 0 Å². The summed E-state index contributed by atoms with van der Waals surface area (Å²) in [5, 5.41) is 0. The molecule has 1 amide bonds. The van der Waals surface area contributed by atoms with Gasteiger partial charge < -0.3 is 14.4 Å². The molecular weight excluding hydrogens is 308 g/mol. The largest absolute Gasteiger partial charge is 0.379 e. The van der Waals surface area contributed by atoms with Gasteiger partial charge in [0.05, 0.1) is 31.7 Å². The fourth-order valence-corrected chi connectivity index (χ4v) is 4.67. The van der Waals surface area contributed by atoms with Gasteiger partial charge in [-0.1, -0.05) is 6.92 Å². The lowest BCUT2D eigenvalue weighted by atomic mass is 10.2. The van der Waals surface area contributed by atoms with E-state index in [2.05, 4.69) is 6.92 Å². The number of hydrogen-bond acceptors (Lipinski definition) is 5. The molecule has 3 fully saturated rings. The van der Waals surface area contributed by atoms with E-state index in [1.807, 2.05) is 0 Å². The van der Waals surface area contributed by atoms with E-state index in [0.717, 1.165) is 6.42 Å². The SMILES string of the molecule is C[C@@H]1C[C@@H]1C(=O)N1CCO[C@H](CS(=O)(=O)N2CCOCC2)C1. The van der Waals surface area contributed by atoms with Crippen LogP contribution in [0.15, 0.2) is 0 Å². The number of morpholine rings is 2. The zero-order valence-corrected chi connectivity index (χ0v) is 13.8. The van der Waals surface area contributed by atoms with E-state index in [-0.39, 0.29) is 17.6 Å². The molecule has 0 aromatic heterocycles. The molecule has 0 aromatic carbocycles. The van der Waals surface area contributed by atoms with Crippen molar-refractivity contribution in [3.63, 3.8) is 0 Å². The Labute approximate surface area is 131 Å². The minimum absolute atomic E-state index is 0.0585. The second-order valence-electron chi connectivity index (χ2n) is 6.39. The highest BCUT2D eigenvalue weighted by Crippen LogP contribution is 2.39. The van der Waals surface area contributed by atoms with Crippen LogP contribution in [0.5, 0.6) is 0 Å². The third-order valence-electron chi connectivity index (χ3n) is 4.64. The van der Waals surface area contributed by atoms with Crippen LogP contribution in [0.25, 0.3) is 0 Å². The topological polar surface area (TPSA) is 76.2 Å². The second-order valence-corrected chi connectivity index (χ2v) is 8.40. The number of hydrogen-bond donors (Lipinski definition) is 0. The van der Waals surface area contributed by atoms with Gasteiger partial charge in [0.2, 0.25) is 15.9 Å². The maximum Gasteiger partial charge on any atom is 0.226 e. The summed E-state index contributed by atoms with van der Waals surface area (Å²) in [7, 11) is -3.36. The quantitative estimate of drug-likeness (QED) is 0.696. The first-order valence-corrected chi connectivity index (χ1v) is 9.54. The van der Waals surface area contributed by atoms with Crippen molar-refractivity contribution in [2.75, 3.05) is 51.8 Å². The van der Waals surface area contributed by atoms with Crippen LogP contribution in [-0.4, -0.2) is 81.4 Å². The molecule has 2 saturated heterocycles. The van der Waals surface area contributed by atoms with Crippen molar-refractivity contribution >= 4 is 15.9 Å². The first-order chi connectivity index (χ1) is 10.5. The second kappa shape index (κ2) is 6.43. The van der Waals surface area contributed by atoms with E-state index in [4.69, 9.17) is 9.47 Å². The molecule has 2 aliphatic heterocycles. The summed E-state index contributed by atoms with van der Waals surface area (Å²) < 4.78 is 37.1. The summed E-state index contributed by atoms with van der Waals surface area (Å²) in [5.41, 5.74) is 0. The summed E-state index contributed by atoms with van der Waals surface area (Å²) in [6.07, 6.45) is 0.520. The first-order valence-electron chi connectivity index (χ1n) is 7.93. The van der Waals surface area contributed by atoms with E-state index in [0.29, 0.717) is 51.9 Å². The number of nitrogens with zero attached hydrogens (tertiary/aromatic N) is 2. The molecule has 2 heterocycles. The maximum absolute atomic E-state index is 12.4. The highest BCUT2D eigenvalue weighted by molar-refractivity contribution is 7.89. The average Bonchev–Trinajstić information content (AvgIpc) is 3.24. The van der Waals surface area contributed by atoms with Crippen LogP contribution in [0.1, 0.15) is 13.3 Å². The van der Waals surface area contributed by atoms with Gasteiger partial charge in [0, 0.05) is 32.1 Å². The molecule has 1 saturated carbocycles. The fourth-order valence-electron chi connectivity index (χ4n) is 3.09. The molecule has 3 rings (SSSR count). The number of carbonyl (C=O) groups is 1. The van der Waals surface area contributed by atoms with Crippen molar-refractivity contribution in [3.8, 4) is 0 Å². The molecule has 3 atom stereocenters. The van der Waals surface area contributed by atoms with Crippen molar-refractivity contribution in [1.29, 1.82) is 0 Å². The van der Waals surface area contributed by atoms with Crippen LogP contribution >= 0.6 is 0 Å². The van der Waals surface area contributed by atoms with Crippen molar-refractivity contribution in [3.05, 3.63) is 0 Å². The molecule has 126 valence electrons. The number of carbonyl (C=O) groups excluding carboxylic acids is 1. The van der Waals surface area contributed by atoms with Gasteiger partial charge in [0.1, 0.15) is 0 Å². The Morgan fingerprint density at radius 3 is 2.50 bits per heavy atom. The molecular formula is C14H24N2O5S. The van der Waals surface area contributed by atoms with Gasteiger partial charge >= 0.3 is 0 Å². The van der Waals surface area contributed by atoms with E-state index in [1.165, 1.54) is 4.31 Å². The molecule has 7 nitrogen and oxygen atoms in total. The average molecular weight is 332 g/mol. The van der Waals surface area contributed by atoms with E-state index in [1.54, 1.807) is 4.90 Å². The summed E-state index contributed by atoms with van der Waals surface area (Å²) in [6, 6.07) is 0. The Bertz CT molecular complexity index is 517. The van der Waals surface area contributed by atoms with Crippen molar-refractivity contribution in [2.45, 2.75) is 19.4 Å². The third kappa shape index (κ3) is 3.61. The molecule has 0 N–H and O–H groups in total. The number of amides is 1. The first kappa shape index (κ1) is 16.2. The maximum atomic E-state index is 12.4. The number of rotatable bonds is 4. The monoisotopic (exact) mass is 332 g/mol. The zero-order valence-electron chi connectivity index (χ0n) is 12.9. The Hall–Kier alpha value is -0.700. The van der Waals surface area contributed by atoms with Gasteiger partial charge in [0.25, 0.3) is 0 Å². The number of ether oxygens (including phenoxy) is 2. The molecule has 0 radical (unpaired) electrons. The lowest BCUT2D eigenvalue weighted by molar-refractivity contribution is -0.139. The Morgan fingerprint density at radius 2 is 1.86 bits per heavy atom. The van der Waals surface area contributed by atoms with Gasteiger partial charge in [-0.2, -0.15) is 4.31 Å². The van der Waals surface area contributed by atoms with Gasteiger partial charge in [-0.25, -0.2) is 8.42 Å². The van der Waals surface area contributed by atoms with Gasteiger partial charge in [-0.15, -0.1) is 0 Å². The molecule has 3 aliphatic rings. The minimum Gasteiger partial charge on any atom is -0.379 e. The van der Waals surface area contributed by atoms with Crippen LogP contribution in [0, 0.1) is 11.8 Å². The van der Waals surface area contributed by atoms with Crippen LogP contribution in [-0.2, 0) is 24.3 Å². The summed E-state index contributed by atoms with van der Waals surface area (Å²) in [5.74, 6) is 0.696. The standard InChI is InChI=1S/C14H24N2O5S/c1-11-8-13(11)14(17)15-2-7-21-12(9-15)10-22(18,19)16-3-5-20-6-4-16/h11-13H,2-10H2,1H3/t11-,12+,13+/m1/s1. The smallest absolute Gasteiger partial charge is 0.226 e. The third-order valence-corrected chi connectivity index (χ3v) is 6.58. The van der Waals surface area contributed by atoms with E-state index in [9.17, 15) is 13.2 Å². The molecule has 0 aromatic rings. The highest BCUT2D eigenvalue weighted by Gasteiger charge is 2.43. The lowest BCUT2D eigenvalue weighted by Crippen LogP contribution is -2.51. The van der Waals surface area contributed by atoms with Crippen molar-refractivity contribution in [1.82, 2.24) is 9.21 Å². The molecule has 0 spiro atoms. The van der Waals surface area contributed by atoms with Crippen LogP contribution in [0.3, 0.4) is 0 Å². The number of sulfonamides is 1. The normalized spacial score (nSPS) is 33.7. The minimum atomic E-state index is -3.36.